The van der Waals surface area contributed by atoms with Crippen LogP contribution in [0.3, 0.4) is 0 Å². The van der Waals surface area contributed by atoms with E-state index in [1.807, 2.05) is 0 Å². The van der Waals surface area contributed by atoms with E-state index < -0.39 is 0 Å². The van der Waals surface area contributed by atoms with Gasteiger partial charge in [0.25, 0.3) is 0 Å². The van der Waals surface area contributed by atoms with Gasteiger partial charge in [0.05, 0.1) is 0 Å². The number of hydrogen-bond donors (Lipinski definition) is 2. The first kappa shape index (κ1) is 13.5. The molecule has 0 bridgehead atoms. The lowest BCUT2D eigenvalue weighted by molar-refractivity contribution is 0.0526. The molecule has 0 saturated carbocycles. The van der Waals surface area contributed by atoms with Crippen molar-refractivity contribution in [1.82, 2.24) is 5.43 Å². The summed E-state index contributed by atoms with van der Waals surface area (Å²) in [5.41, 5.74) is 5.82. The molecule has 3 nitrogen and oxygen atoms in total. The van der Waals surface area contributed by atoms with E-state index in [0.29, 0.717) is 12.0 Å². The first-order valence-corrected chi connectivity index (χ1v) is 6.89. The largest absolute Gasteiger partial charge is 0.381 e. The number of aryl methyl sites for hydroxylation is 2. The molecule has 1 aliphatic heterocycles. The standard InChI is InChI=1S/C15H24N2O/c1-12-4-2-3-5-13(12)6-7-15(17-16)14-8-10-18-11-9-14/h2-5,14-15,17H,6-11,16H2,1H3. The summed E-state index contributed by atoms with van der Waals surface area (Å²) in [5.74, 6) is 6.37. The molecule has 0 aromatic heterocycles. The summed E-state index contributed by atoms with van der Waals surface area (Å²) in [7, 11) is 0. The highest BCUT2D eigenvalue weighted by Crippen LogP contribution is 2.22. The van der Waals surface area contributed by atoms with Crippen LogP contribution in [0.5, 0.6) is 0 Å². The van der Waals surface area contributed by atoms with Crippen LogP contribution in [-0.4, -0.2) is 19.3 Å². The quantitative estimate of drug-likeness (QED) is 0.620. The Bertz CT molecular complexity index is 361. The molecule has 3 heteroatoms. The van der Waals surface area contributed by atoms with E-state index in [0.717, 1.165) is 38.9 Å². The van der Waals surface area contributed by atoms with Crippen molar-refractivity contribution in [2.45, 2.75) is 38.6 Å². The Kier molecular flexibility index (Phi) is 5.17. The number of hydrogen-bond acceptors (Lipinski definition) is 3. The van der Waals surface area contributed by atoms with Crippen LogP contribution in [0.4, 0.5) is 0 Å². The second-order valence-electron chi connectivity index (χ2n) is 5.19. The van der Waals surface area contributed by atoms with Crippen molar-refractivity contribution in [3.8, 4) is 0 Å². The molecule has 2 rings (SSSR count). The Morgan fingerprint density at radius 1 is 1.33 bits per heavy atom. The predicted octanol–water partition coefficient (Wildman–Crippen LogP) is 2.19. The highest BCUT2D eigenvalue weighted by molar-refractivity contribution is 5.25. The number of benzene rings is 1. The SMILES string of the molecule is Cc1ccccc1CCC(NN)C1CCOCC1. The monoisotopic (exact) mass is 248 g/mol. The second-order valence-corrected chi connectivity index (χ2v) is 5.19. The molecule has 1 atom stereocenters. The van der Waals surface area contributed by atoms with Crippen LogP contribution in [-0.2, 0) is 11.2 Å². The second kappa shape index (κ2) is 6.88. The van der Waals surface area contributed by atoms with E-state index >= 15 is 0 Å². The Morgan fingerprint density at radius 3 is 2.72 bits per heavy atom. The molecular weight excluding hydrogens is 224 g/mol. The van der Waals surface area contributed by atoms with Crippen molar-refractivity contribution in [3.05, 3.63) is 35.4 Å². The van der Waals surface area contributed by atoms with Crippen LogP contribution in [0.1, 0.15) is 30.4 Å². The van der Waals surface area contributed by atoms with Gasteiger partial charge in [-0.05, 0) is 49.7 Å². The van der Waals surface area contributed by atoms with E-state index in [1.54, 1.807) is 0 Å². The fourth-order valence-corrected chi connectivity index (χ4v) is 2.77. The van der Waals surface area contributed by atoms with Crippen LogP contribution in [0.25, 0.3) is 0 Å². The highest BCUT2D eigenvalue weighted by Gasteiger charge is 2.22. The Hall–Kier alpha value is -0.900. The van der Waals surface area contributed by atoms with E-state index in [2.05, 4.69) is 36.6 Å². The third-order valence-corrected chi connectivity index (χ3v) is 4.04. The minimum absolute atomic E-state index is 0.411. The zero-order valence-corrected chi connectivity index (χ0v) is 11.2. The molecule has 0 radical (unpaired) electrons. The number of nitrogens with one attached hydrogen (secondary N) is 1. The topological polar surface area (TPSA) is 47.3 Å². The smallest absolute Gasteiger partial charge is 0.0469 e. The van der Waals surface area contributed by atoms with Crippen molar-refractivity contribution in [3.63, 3.8) is 0 Å². The van der Waals surface area contributed by atoms with Gasteiger partial charge in [-0.25, -0.2) is 0 Å². The molecule has 1 aliphatic rings. The van der Waals surface area contributed by atoms with Gasteiger partial charge in [0.2, 0.25) is 0 Å². The predicted molar refractivity (Wildman–Crippen MR) is 74.2 cm³/mol. The molecule has 1 unspecified atom stereocenters. The number of hydrazine groups is 1. The summed E-state index contributed by atoms with van der Waals surface area (Å²) in [6.45, 7) is 3.94. The summed E-state index contributed by atoms with van der Waals surface area (Å²) >= 11 is 0. The van der Waals surface area contributed by atoms with E-state index in [4.69, 9.17) is 10.6 Å². The molecule has 1 aromatic rings. The van der Waals surface area contributed by atoms with Gasteiger partial charge in [0.15, 0.2) is 0 Å². The third-order valence-electron chi connectivity index (χ3n) is 4.04. The van der Waals surface area contributed by atoms with Gasteiger partial charge in [0, 0.05) is 19.3 Å². The van der Waals surface area contributed by atoms with Crippen molar-refractivity contribution in [1.29, 1.82) is 0 Å². The molecule has 1 fully saturated rings. The first-order chi connectivity index (χ1) is 8.81. The molecule has 18 heavy (non-hydrogen) atoms. The summed E-state index contributed by atoms with van der Waals surface area (Å²) < 4.78 is 5.41. The average molecular weight is 248 g/mol. The van der Waals surface area contributed by atoms with E-state index in [1.165, 1.54) is 11.1 Å². The maximum Gasteiger partial charge on any atom is 0.0469 e. The lowest BCUT2D eigenvalue weighted by Crippen LogP contribution is -2.43. The Labute approximate surface area is 110 Å². The molecule has 0 spiro atoms. The van der Waals surface area contributed by atoms with Crippen molar-refractivity contribution < 1.29 is 4.74 Å². The van der Waals surface area contributed by atoms with E-state index in [9.17, 15) is 0 Å². The van der Waals surface area contributed by atoms with Gasteiger partial charge < -0.3 is 4.74 Å². The maximum absolute atomic E-state index is 5.71. The first-order valence-electron chi connectivity index (χ1n) is 6.89. The van der Waals surface area contributed by atoms with Gasteiger partial charge in [0.1, 0.15) is 0 Å². The van der Waals surface area contributed by atoms with Crippen LogP contribution >= 0.6 is 0 Å². The molecule has 1 heterocycles. The Balaban J connectivity index is 1.88. The maximum atomic E-state index is 5.71. The summed E-state index contributed by atoms with van der Waals surface area (Å²) in [6, 6.07) is 9.01. The fourth-order valence-electron chi connectivity index (χ4n) is 2.77. The molecule has 0 amide bonds. The van der Waals surface area contributed by atoms with Crippen LogP contribution in [0, 0.1) is 12.8 Å². The summed E-state index contributed by atoms with van der Waals surface area (Å²) in [6.07, 6.45) is 4.45. The van der Waals surface area contributed by atoms with Crippen molar-refractivity contribution in [2.24, 2.45) is 11.8 Å². The van der Waals surface area contributed by atoms with Gasteiger partial charge in [-0.2, -0.15) is 0 Å². The zero-order valence-electron chi connectivity index (χ0n) is 11.2. The van der Waals surface area contributed by atoms with Crippen LogP contribution in [0.15, 0.2) is 24.3 Å². The van der Waals surface area contributed by atoms with Gasteiger partial charge in [-0.3, -0.25) is 11.3 Å². The number of rotatable bonds is 5. The van der Waals surface area contributed by atoms with Gasteiger partial charge >= 0.3 is 0 Å². The van der Waals surface area contributed by atoms with Crippen LogP contribution in [0.2, 0.25) is 0 Å². The highest BCUT2D eigenvalue weighted by atomic mass is 16.5. The fraction of sp³-hybridized carbons (Fsp3) is 0.600. The lowest BCUT2D eigenvalue weighted by Gasteiger charge is -2.30. The van der Waals surface area contributed by atoms with Crippen molar-refractivity contribution >= 4 is 0 Å². The zero-order chi connectivity index (χ0) is 12.8. The average Bonchev–Trinajstić information content (AvgIpc) is 2.42. The number of nitrogens with two attached hydrogens (primary N) is 1. The molecule has 0 aliphatic carbocycles. The third kappa shape index (κ3) is 3.55. The molecule has 3 N–H and O–H groups in total. The molecular formula is C15H24N2O. The minimum Gasteiger partial charge on any atom is -0.381 e. The normalized spacial score (nSPS) is 18.8. The molecule has 1 saturated heterocycles. The van der Waals surface area contributed by atoms with E-state index in [-0.39, 0.29) is 0 Å². The van der Waals surface area contributed by atoms with Crippen molar-refractivity contribution in [2.75, 3.05) is 13.2 Å². The molecule has 100 valence electrons. The minimum atomic E-state index is 0.411. The number of ether oxygens (including phenoxy) is 1. The molecule has 1 aromatic carbocycles. The summed E-state index contributed by atoms with van der Waals surface area (Å²) in [5, 5.41) is 0. The Morgan fingerprint density at radius 2 is 2.06 bits per heavy atom. The lowest BCUT2D eigenvalue weighted by atomic mass is 9.88. The van der Waals surface area contributed by atoms with Gasteiger partial charge in [-0.15, -0.1) is 0 Å². The van der Waals surface area contributed by atoms with Crippen LogP contribution < -0.4 is 11.3 Å². The van der Waals surface area contributed by atoms with Gasteiger partial charge in [-0.1, -0.05) is 24.3 Å². The summed E-state index contributed by atoms with van der Waals surface area (Å²) in [4.78, 5) is 0.